The first-order chi connectivity index (χ1) is 10.6. The normalized spacial score (nSPS) is 17.0. The summed E-state index contributed by atoms with van der Waals surface area (Å²) in [5, 5.41) is 15.0. The second kappa shape index (κ2) is 4.90. The van der Waals surface area contributed by atoms with Crippen LogP contribution in [0.4, 0.5) is 5.69 Å². The molecule has 0 spiro atoms. The fourth-order valence-corrected chi connectivity index (χ4v) is 4.07. The Labute approximate surface area is 135 Å². The molecule has 1 aromatic heterocycles. The zero-order valence-corrected chi connectivity index (χ0v) is 12.9. The first kappa shape index (κ1) is 13.4. The Kier molecular flexibility index (Phi) is 2.99. The van der Waals surface area contributed by atoms with Crippen molar-refractivity contribution in [2.75, 3.05) is 5.32 Å². The minimum absolute atomic E-state index is 0.215. The van der Waals surface area contributed by atoms with Gasteiger partial charge in [-0.2, -0.15) is 0 Å². The highest BCUT2D eigenvalue weighted by Crippen LogP contribution is 2.47. The van der Waals surface area contributed by atoms with Crippen LogP contribution in [0.2, 0.25) is 5.02 Å². The van der Waals surface area contributed by atoms with E-state index < -0.39 is 0 Å². The summed E-state index contributed by atoms with van der Waals surface area (Å²) in [5.41, 5.74) is 7.61. The average Bonchev–Trinajstić information content (AvgIpc) is 2.85. The fraction of sp³-hybridized carbons (Fsp3) is 0.0625. The van der Waals surface area contributed by atoms with Crippen molar-refractivity contribution in [2.24, 2.45) is 10.7 Å². The molecule has 1 aliphatic heterocycles. The topological polar surface area (TPSA) is 70.6 Å². The van der Waals surface area contributed by atoms with Gasteiger partial charge in [-0.05, 0) is 24.3 Å². The summed E-state index contributed by atoms with van der Waals surface area (Å²) in [7, 11) is 0. The SMILES string of the molecule is NC1=NC(c2ccccc2O)c2sc3ccc(Cl)cc3c2N1. The summed E-state index contributed by atoms with van der Waals surface area (Å²) in [5.74, 6) is 0.549. The van der Waals surface area contributed by atoms with E-state index in [0.717, 1.165) is 26.2 Å². The van der Waals surface area contributed by atoms with Crippen LogP contribution in [0.5, 0.6) is 5.75 Å². The van der Waals surface area contributed by atoms with Crippen molar-refractivity contribution >= 4 is 44.7 Å². The van der Waals surface area contributed by atoms with Crippen molar-refractivity contribution in [3.05, 3.63) is 57.9 Å². The minimum Gasteiger partial charge on any atom is -0.508 e. The predicted octanol–water partition coefficient (Wildman–Crippen LogP) is 4.09. The maximum Gasteiger partial charge on any atom is 0.194 e. The van der Waals surface area contributed by atoms with Crippen LogP contribution in [0, 0.1) is 0 Å². The number of hydrogen-bond donors (Lipinski definition) is 3. The number of aliphatic imine (C=N–C) groups is 1. The number of rotatable bonds is 1. The van der Waals surface area contributed by atoms with Crippen LogP contribution in [0.25, 0.3) is 10.1 Å². The van der Waals surface area contributed by atoms with Crippen LogP contribution in [0.1, 0.15) is 16.5 Å². The van der Waals surface area contributed by atoms with Crippen LogP contribution in [-0.2, 0) is 0 Å². The number of nitrogens with two attached hydrogens (primary N) is 1. The molecule has 1 unspecified atom stereocenters. The second-order valence-electron chi connectivity index (χ2n) is 5.08. The zero-order chi connectivity index (χ0) is 15.3. The summed E-state index contributed by atoms with van der Waals surface area (Å²) < 4.78 is 1.10. The molecule has 0 amide bonds. The van der Waals surface area contributed by atoms with Crippen LogP contribution in [0.15, 0.2) is 47.5 Å². The van der Waals surface area contributed by atoms with Gasteiger partial charge in [0.25, 0.3) is 0 Å². The molecule has 4 rings (SSSR count). The number of phenols is 1. The third-order valence-corrected chi connectivity index (χ3v) is 5.14. The molecule has 0 bridgehead atoms. The number of fused-ring (bicyclic) bond motifs is 3. The standard InChI is InChI=1S/C16H12ClN3OS/c17-8-5-6-12-10(7-8)14-15(22-12)13(19-16(18)20-14)9-3-1-2-4-11(9)21/h1-7,13,21H,(H3,18,19,20). The van der Waals surface area contributed by atoms with E-state index in [2.05, 4.69) is 10.3 Å². The van der Waals surface area contributed by atoms with E-state index in [1.165, 1.54) is 0 Å². The third kappa shape index (κ3) is 2.01. The van der Waals surface area contributed by atoms with Gasteiger partial charge in [0.05, 0.1) is 10.6 Å². The van der Waals surface area contributed by atoms with Crippen LogP contribution in [0.3, 0.4) is 0 Å². The maximum atomic E-state index is 10.1. The smallest absolute Gasteiger partial charge is 0.194 e. The molecule has 22 heavy (non-hydrogen) atoms. The van der Waals surface area contributed by atoms with Crippen molar-refractivity contribution < 1.29 is 5.11 Å². The molecular formula is C16H12ClN3OS. The minimum atomic E-state index is -0.311. The Morgan fingerprint density at radius 3 is 2.86 bits per heavy atom. The second-order valence-corrected chi connectivity index (χ2v) is 6.60. The van der Waals surface area contributed by atoms with Crippen LogP contribution in [-0.4, -0.2) is 11.1 Å². The van der Waals surface area contributed by atoms with Gasteiger partial charge in [0, 0.05) is 20.7 Å². The fourth-order valence-electron chi connectivity index (χ4n) is 2.70. The van der Waals surface area contributed by atoms with E-state index in [0.29, 0.717) is 11.0 Å². The number of para-hydroxylation sites is 1. The van der Waals surface area contributed by atoms with E-state index in [1.54, 1.807) is 23.5 Å². The first-order valence-corrected chi connectivity index (χ1v) is 7.93. The van der Waals surface area contributed by atoms with Gasteiger partial charge in [-0.25, -0.2) is 4.99 Å². The van der Waals surface area contributed by atoms with Crippen LogP contribution < -0.4 is 11.1 Å². The van der Waals surface area contributed by atoms with Gasteiger partial charge in [0.2, 0.25) is 0 Å². The Bertz CT molecular complexity index is 919. The average molecular weight is 330 g/mol. The molecule has 0 aliphatic carbocycles. The highest BCUT2D eigenvalue weighted by molar-refractivity contribution is 7.20. The molecule has 1 aliphatic rings. The van der Waals surface area contributed by atoms with Gasteiger partial charge < -0.3 is 16.2 Å². The summed E-state index contributed by atoms with van der Waals surface area (Å²) in [4.78, 5) is 5.49. The van der Waals surface area contributed by atoms with Gasteiger partial charge in [-0.15, -0.1) is 11.3 Å². The number of anilines is 1. The molecule has 4 N–H and O–H groups in total. The van der Waals surface area contributed by atoms with Gasteiger partial charge >= 0.3 is 0 Å². The molecule has 4 nitrogen and oxygen atoms in total. The lowest BCUT2D eigenvalue weighted by Crippen LogP contribution is -2.27. The highest BCUT2D eigenvalue weighted by atomic mass is 35.5. The number of guanidine groups is 1. The van der Waals surface area contributed by atoms with Crippen molar-refractivity contribution in [1.82, 2.24) is 0 Å². The van der Waals surface area contributed by atoms with E-state index in [4.69, 9.17) is 17.3 Å². The third-order valence-electron chi connectivity index (χ3n) is 3.68. The first-order valence-electron chi connectivity index (χ1n) is 6.73. The molecule has 6 heteroatoms. The Morgan fingerprint density at radius 1 is 1.23 bits per heavy atom. The number of halogens is 1. The monoisotopic (exact) mass is 329 g/mol. The number of hydrogen-bond acceptors (Lipinski definition) is 5. The quantitative estimate of drug-likeness (QED) is 0.629. The number of nitrogens with one attached hydrogen (secondary N) is 1. The van der Waals surface area contributed by atoms with E-state index >= 15 is 0 Å². The molecule has 0 fully saturated rings. The van der Waals surface area contributed by atoms with Gasteiger partial charge in [-0.1, -0.05) is 29.8 Å². The number of aromatic hydroxyl groups is 1. The summed E-state index contributed by atoms with van der Waals surface area (Å²) in [6.07, 6.45) is 0. The Balaban J connectivity index is 1.97. The molecule has 3 aromatic rings. The molecule has 110 valence electrons. The summed E-state index contributed by atoms with van der Waals surface area (Å²) in [6.45, 7) is 0. The number of thiophene rings is 1. The molecule has 2 aromatic carbocycles. The molecule has 0 saturated carbocycles. The molecule has 0 saturated heterocycles. The van der Waals surface area contributed by atoms with E-state index in [-0.39, 0.29) is 11.8 Å². The lowest BCUT2D eigenvalue weighted by Gasteiger charge is -2.21. The largest absolute Gasteiger partial charge is 0.508 e. The molecule has 0 radical (unpaired) electrons. The van der Waals surface area contributed by atoms with E-state index in [9.17, 15) is 5.11 Å². The zero-order valence-electron chi connectivity index (χ0n) is 11.4. The Hall–Kier alpha value is -2.24. The number of phenolic OH excluding ortho intramolecular Hbond substituents is 1. The van der Waals surface area contributed by atoms with Crippen molar-refractivity contribution in [2.45, 2.75) is 6.04 Å². The molecular weight excluding hydrogens is 318 g/mol. The van der Waals surface area contributed by atoms with Crippen molar-refractivity contribution in [3.8, 4) is 5.75 Å². The van der Waals surface area contributed by atoms with Gasteiger partial charge in [0.1, 0.15) is 11.8 Å². The summed E-state index contributed by atoms with van der Waals surface area (Å²) >= 11 is 7.74. The number of benzene rings is 2. The molecule has 1 atom stereocenters. The number of nitrogens with zero attached hydrogens (tertiary/aromatic N) is 1. The maximum absolute atomic E-state index is 10.1. The highest BCUT2D eigenvalue weighted by Gasteiger charge is 2.28. The Morgan fingerprint density at radius 2 is 2.05 bits per heavy atom. The van der Waals surface area contributed by atoms with Gasteiger partial charge in [0.15, 0.2) is 5.96 Å². The van der Waals surface area contributed by atoms with E-state index in [1.807, 2.05) is 30.3 Å². The van der Waals surface area contributed by atoms with Crippen molar-refractivity contribution in [1.29, 1.82) is 0 Å². The van der Waals surface area contributed by atoms with Crippen LogP contribution >= 0.6 is 22.9 Å². The molecule has 2 heterocycles. The van der Waals surface area contributed by atoms with Crippen molar-refractivity contribution in [3.63, 3.8) is 0 Å². The lowest BCUT2D eigenvalue weighted by molar-refractivity contribution is 0.465. The van der Waals surface area contributed by atoms with Gasteiger partial charge in [-0.3, -0.25) is 0 Å². The lowest BCUT2D eigenvalue weighted by atomic mass is 10.0. The summed E-state index contributed by atoms with van der Waals surface area (Å²) in [6, 6.07) is 12.7. The predicted molar refractivity (Wildman–Crippen MR) is 92.0 cm³/mol.